The molecular formula is C48H91NO4Si. The summed E-state index contributed by atoms with van der Waals surface area (Å²) in [5.74, 6) is 0. The zero-order chi connectivity index (χ0) is 39.5. The third kappa shape index (κ3) is 40.4. The average Bonchev–Trinajstić information content (AvgIpc) is 3.16. The summed E-state index contributed by atoms with van der Waals surface area (Å²) in [6.45, 7) is 16.4. The second kappa shape index (κ2) is 42.9. The lowest BCUT2D eigenvalue weighted by Gasteiger charge is -2.29. The summed E-state index contributed by atoms with van der Waals surface area (Å²) >= 11 is 0. The van der Waals surface area contributed by atoms with Gasteiger partial charge in [-0.25, -0.2) is 0 Å². The Hall–Kier alpha value is -1.28. The molecule has 0 fully saturated rings. The van der Waals surface area contributed by atoms with E-state index in [-0.39, 0.29) is 6.29 Å². The van der Waals surface area contributed by atoms with Crippen LogP contribution in [0.4, 0.5) is 0 Å². The molecule has 0 aliphatic carbocycles. The molecule has 1 unspecified atom stereocenters. The number of unbranched alkanes of at least 4 members (excludes halogenated alkanes) is 15. The van der Waals surface area contributed by atoms with Crippen LogP contribution in [0, 0.1) is 0 Å². The highest BCUT2D eigenvalue weighted by Crippen LogP contribution is 2.19. The average molecular weight is 774 g/mol. The number of hydrogen-bond donors (Lipinski definition) is 1. The molecule has 0 aromatic rings. The van der Waals surface area contributed by atoms with E-state index >= 15 is 0 Å². The SMILES string of the molecule is CC/C=C\C/C=C\C/C=C\C/C=C\C/C=C\CCCCN(CCCCO)CCCCCC(OCCCCCCCC)O[Si](C)(C)OCCCCCCCC. The van der Waals surface area contributed by atoms with Crippen LogP contribution in [0.2, 0.25) is 13.1 Å². The predicted molar refractivity (Wildman–Crippen MR) is 241 cm³/mol. The molecule has 0 aromatic heterocycles. The highest BCUT2D eigenvalue weighted by Gasteiger charge is 2.29. The molecule has 316 valence electrons. The highest BCUT2D eigenvalue weighted by molar-refractivity contribution is 6.64. The maximum atomic E-state index is 9.35. The molecule has 0 aliphatic heterocycles. The van der Waals surface area contributed by atoms with Crippen molar-refractivity contribution in [2.75, 3.05) is 39.5 Å². The van der Waals surface area contributed by atoms with Crippen molar-refractivity contribution >= 4 is 8.56 Å². The van der Waals surface area contributed by atoms with Gasteiger partial charge in [-0.1, -0.05) is 152 Å². The lowest BCUT2D eigenvalue weighted by atomic mass is 10.1. The van der Waals surface area contributed by atoms with Crippen molar-refractivity contribution < 1.29 is 18.7 Å². The van der Waals surface area contributed by atoms with Gasteiger partial charge in [0.15, 0.2) is 0 Å². The van der Waals surface area contributed by atoms with E-state index in [9.17, 15) is 5.11 Å². The van der Waals surface area contributed by atoms with Gasteiger partial charge in [-0.05, 0) is 129 Å². The van der Waals surface area contributed by atoms with Crippen molar-refractivity contribution in [2.24, 2.45) is 0 Å². The van der Waals surface area contributed by atoms with Crippen LogP contribution in [-0.2, 0) is 13.6 Å². The van der Waals surface area contributed by atoms with Crippen LogP contribution in [0.25, 0.3) is 0 Å². The molecular weight excluding hydrogens is 683 g/mol. The summed E-state index contributed by atoms with van der Waals surface area (Å²) in [6.07, 6.45) is 53.1. The van der Waals surface area contributed by atoms with E-state index in [2.05, 4.69) is 99.5 Å². The fourth-order valence-electron chi connectivity index (χ4n) is 6.40. The van der Waals surface area contributed by atoms with Gasteiger partial charge in [0.25, 0.3) is 0 Å². The van der Waals surface area contributed by atoms with Crippen LogP contribution < -0.4 is 0 Å². The molecule has 0 bridgehead atoms. The summed E-state index contributed by atoms with van der Waals surface area (Å²) < 4.78 is 19.3. The van der Waals surface area contributed by atoms with Gasteiger partial charge in [0.05, 0.1) is 0 Å². The molecule has 54 heavy (non-hydrogen) atoms. The molecule has 0 saturated carbocycles. The van der Waals surface area contributed by atoms with E-state index in [0.717, 1.165) is 110 Å². The third-order valence-corrected chi connectivity index (χ3v) is 11.4. The van der Waals surface area contributed by atoms with Crippen molar-refractivity contribution in [2.45, 2.75) is 207 Å². The smallest absolute Gasteiger partial charge is 0.333 e. The first-order valence-corrected chi connectivity index (χ1v) is 25.8. The molecule has 0 radical (unpaired) electrons. The van der Waals surface area contributed by atoms with E-state index < -0.39 is 8.56 Å². The molecule has 1 atom stereocenters. The molecule has 0 saturated heterocycles. The lowest BCUT2D eigenvalue weighted by molar-refractivity contribution is -0.104. The minimum Gasteiger partial charge on any atom is -0.396 e. The molecule has 0 heterocycles. The normalized spacial score (nSPS) is 13.5. The minimum absolute atomic E-state index is 0.150. The highest BCUT2D eigenvalue weighted by atomic mass is 28.4. The first-order valence-electron chi connectivity index (χ1n) is 23.0. The van der Waals surface area contributed by atoms with Crippen molar-refractivity contribution in [3.05, 3.63) is 60.8 Å². The summed E-state index contributed by atoms with van der Waals surface area (Å²) in [6, 6.07) is 0. The fourth-order valence-corrected chi connectivity index (χ4v) is 7.92. The van der Waals surface area contributed by atoms with Crippen LogP contribution in [0.1, 0.15) is 188 Å². The summed E-state index contributed by atoms with van der Waals surface area (Å²) in [7, 11) is -2.25. The van der Waals surface area contributed by atoms with Gasteiger partial charge < -0.3 is 23.6 Å². The number of allylic oxidation sites excluding steroid dienone is 10. The molecule has 0 aliphatic rings. The van der Waals surface area contributed by atoms with Crippen molar-refractivity contribution in [1.29, 1.82) is 0 Å². The first-order chi connectivity index (χ1) is 26.5. The Bertz CT molecular complexity index is 899. The second-order valence-corrected chi connectivity index (χ2v) is 18.9. The molecule has 0 amide bonds. The number of nitrogens with zero attached hydrogens (tertiary/aromatic N) is 1. The number of aliphatic hydroxyl groups excluding tert-OH is 1. The molecule has 0 aromatic carbocycles. The van der Waals surface area contributed by atoms with Gasteiger partial charge in [0, 0.05) is 19.8 Å². The van der Waals surface area contributed by atoms with Crippen LogP contribution in [0.3, 0.4) is 0 Å². The predicted octanol–water partition coefficient (Wildman–Crippen LogP) is 14.3. The Balaban J connectivity index is 4.50. The maximum Gasteiger partial charge on any atom is 0.333 e. The fraction of sp³-hybridized carbons (Fsp3) is 0.792. The Labute approximate surface area is 338 Å². The molecule has 0 spiro atoms. The van der Waals surface area contributed by atoms with Gasteiger partial charge in [-0.3, -0.25) is 0 Å². The first kappa shape index (κ1) is 52.7. The molecule has 5 nitrogen and oxygen atoms in total. The molecule has 0 rings (SSSR count). The Morgan fingerprint density at radius 1 is 0.500 bits per heavy atom. The minimum atomic E-state index is -2.25. The summed E-state index contributed by atoms with van der Waals surface area (Å²) in [5, 5.41) is 9.35. The third-order valence-electron chi connectivity index (χ3n) is 9.71. The van der Waals surface area contributed by atoms with Gasteiger partial charge in [0.2, 0.25) is 0 Å². The van der Waals surface area contributed by atoms with Crippen LogP contribution >= 0.6 is 0 Å². The maximum absolute atomic E-state index is 9.35. The summed E-state index contributed by atoms with van der Waals surface area (Å²) in [4.78, 5) is 2.63. The van der Waals surface area contributed by atoms with Gasteiger partial charge >= 0.3 is 8.56 Å². The van der Waals surface area contributed by atoms with Gasteiger partial charge in [-0.2, -0.15) is 0 Å². The van der Waals surface area contributed by atoms with E-state index in [1.807, 2.05) is 0 Å². The Kier molecular flexibility index (Phi) is 41.8. The van der Waals surface area contributed by atoms with Crippen LogP contribution in [0.5, 0.6) is 0 Å². The van der Waals surface area contributed by atoms with Crippen LogP contribution in [-0.4, -0.2) is 64.3 Å². The summed E-state index contributed by atoms with van der Waals surface area (Å²) in [5.41, 5.74) is 0. The Morgan fingerprint density at radius 2 is 0.963 bits per heavy atom. The lowest BCUT2D eigenvalue weighted by Crippen LogP contribution is -2.40. The largest absolute Gasteiger partial charge is 0.396 e. The van der Waals surface area contributed by atoms with Crippen molar-refractivity contribution in [3.63, 3.8) is 0 Å². The van der Waals surface area contributed by atoms with E-state index in [0.29, 0.717) is 6.61 Å². The number of rotatable bonds is 42. The molecule has 6 heteroatoms. The van der Waals surface area contributed by atoms with Crippen molar-refractivity contribution in [3.8, 4) is 0 Å². The zero-order valence-electron chi connectivity index (χ0n) is 36.6. The Morgan fingerprint density at radius 3 is 1.52 bits per heavy atom. The van der Waals surface area contributed by atoms with E-state index in [4.69, 9.17) is 13.6 Å². The van der Waals surface area contributed by atoms with Crippen LogP contribution in [0.15, 0.2) is 60.8 Å². The second-order valence-electron chi connectivity index (χ2n) is 15.5. The van der Waals surface area contributed by atoms with Crippen molar-refractivity contribution in [1.82, 2.24) is 4.90 Å². The van der Waals surface area contributed by atoms with Gasteiger partial charge in [0.1, 0.15) is 6.29 Å². The molecule has 1 N–H and O–H groups in total. The number of aliphatic hydroxyl groups is 1. The monoisotopic (exact) mass is 774 g/mol. The van der Waals surface area contributed by atoms with Gasteiger partial charge in [-0.15, -0.1) is 0 Å². The quantitative estimate of drug-likeness (QED) is 0.0290. The zero-order valence-corrected chi connectivity index (χ0v) is 37.6. The number of ether oxygens (including phenoxy) is 1. The van der Waals surface area contributed by atoms with E-state index in [1.54, 1.807) is 0 Å². The topological polar surface area (TPSA) is 51.2 Å². The van der Waals surface area contributed by atoms with E-state index in [1.165, 1.54) is 89.9 Å². The standard InChI is InChI=1S/C48H91NO4Si/c1-6-9-12-15-18-19-20-21-22-23-24-25-26-27-28-29-30-35-42-49(44-37-38-45-50)43-36-33-34-41-48(51-46-39-31-16-13-10-7-2)53-54(4,5)52-47-40-32-17-14-11-8-3/h9,12,18-19,21-22,24-25,27-28,48,50H,6-8,10-11,13-17,20,23,26,29-47H2,1-5H3/b12-9-,19-18-,22-21-,25-24-,28-27-. The number of hydrogen-bond acceptors (Lipinski definition) is 5.